The number of aromatic nitrogens is 2. The van der Waals surface area contributed by atoms with E-state index in [1.807, 2.05) is 13.8 Å². The minimum absolute atomic E-state index is 0.113. The van der Waals surface area contributed by atoms with Crippen LogP contribution in [0, 0.1) is 0 Å². The standard InChI is InChI=1S/C12H14N2O3/c1-7(2)17-6-10-13-9-5-3-4-8(12(15)16)11(9)14-10/h3-5,7H,6H2,1-2H3,(H,13,14)(H,15,16). The number of carboxylic acid groups (broad SMARTS) is 1. The van der Waals surface area contributed by atoms with Gasteiger partial charge in [-0.25, -0.2) is 9.78 Å². The van der Waals surface area contributed by atoms with Gasteiger partial charge in [-0.3, -0.25) is 0 Å². The van der Waals surface area contributed by atoms with Crippen LogP contribution >= 0.6 is 0 Å². The van der Waals surface area contributed by atoms with E-state index in [-0.39, 0.29) is 11.7 Å². The largest absolute Gasteiger partial charge is 0.478 e. The molecule has 0 radical (unpaired) electrons. The SMILES string of the molecule is CC(C)OCc1nc2c(C(=O)O)cccc2[nH]1. The van der Waals surface area contributed by atoms with Crippen LogP contribution in [0.2, 0.25) is 0 Å². The molecule has 2 N–H and O–H groups in total. The molecule has 0 unspecified atom stereocenters. The Morgan fingerprint density at radius 2 is 2.29 bits per heavy atom. The number of aromatic carboxylic acids is 1. The monoisotopic (exact) mass is 234 g/mol. The molecule has 0 bridgehead atoms. The van der Waals surface area contributed by atoms with Crippen molar-refractivity contribution < 1.29 is 14.6 Å². The third kappa shape index (κ3) is 2.45. The lowest BCUT2D eigenvalue weighted by Gasteiger charge is -2.03. The zero-order valence-corrected chi connectivity index (χ0v) is 9.73. The van der Waals surface area contributed by atoms with Crippen molar-refractivity contribution >= 4 is 17.0 Å². The average molecular weight is 234 g/mol. The van der Waals surface area contributed by atoms with Gasteiger partial charge in [0.15, 0.2) is 0 Å². The number of carbonyl (C=O) groups is 1. The zero-order valence-electron chi connectivity index (χ0n) is 9.73. The van der Waals surface area contributed by atoms with E-state index >= 15 is 0 Å². The van der Waals surface area contributed by atoms with Gasteiger partial charge in [0.1, 0.15) is 17.9 Å². The molecule has 1 aromatic carbocycles. The number of benzene rings is 1. The number of hydrogen-bond acceptors (Lipinski definition) is 3. The summed E-state index contributed by atoms with van der Waals surface area (Å²) in [6, 6.07) is 5.03. The van der Waals surface area contributed by atoms with Crippen LogP contribution in [0.5, 0.6) is 0 Å². The number of H-pyrrole nitrogens is 1. The third-order valence-corrected chi connectivity index (χ3v) is 2.35. The number of rotatable bonds is 4. The highest BCUT2D eigenvalue weighted by Gasteiger charge is 2.12. The summed E-state index contributed by atoms with van der Waals surface area (Å²) in [4.78, 5) is 18.3. The molecule has 90 valence electrons. The number of fused-ring (bicyclic) bond motifs is 1. The molecule has 0 fully saturated rings. The van der Waals surface area contributed by atoms with Crippen LogP contribution in [0.4, 0.5) is 0 Å². The molecule has 0 aliphatic carbocycles. The minimum Gasteiger partial charge on any atom is -0.478 e. The highest BCUT2D eigenvalue weighted by Crippen LogP contribution is 2.17. The first-order valence-corrected chi connectivity index (χ1v) is 5.40. The fourth-order valence-corrected chi connectivity index (χ4v) is 1.57. The first kappa shape index (κ1) is 11.6. The van der Waals surface area contributed by atoms with Crippen LogP contribution < -0.4 is 0 Å². The van der Waals surface area contributed by atoms with Crippen LogP contribution in [0.25, 0.3) is 11.0 Å². The number of aromatic amines is 1. The van der Waals surface area contributed by atoms with Gasteiger partial charge in [0.25, 0.3) is 0 Å². The molecular weight excluding hydrogens is 220 g/mol. The second-order valence-corrected chi connectivity index (χ2v) is 4.05. The summed E-state index contributed by atoms with van der Waals surface area (Å²) >= 11 is 0. The van der Waals surface area contributed by atoms with Crippen molar-refractivity contribution in [3.63, 3.8) is 0 Å². The van der Waals surface area contributed by atoms with Crippen molar-refractivity contribution in [2.24, 2.45) is 0 Å². The predicted octanol–water partition coefficient (Wildman–Crippen LogP) is 2.19. The van der Waals surface area contributed by atoms with Crippen molar-refractivity contribution in [1.82, 2.24) is 9.97 Å². The average Bonchev–Trinajstić information content (AvgIpc) is 2.68. The molecule has 5 nitrogen and oxygen atoms in total. The van der Waals surface area contributed by atoms with E-state index in [0.29, 0.717) is 23.5 Å². The van der Waals surface area contributed by atoms with Crippen molar-refractivity contribution in [3.8, 4) is 0 Å². The van der Waals surface area contributed by atoms with E-state index in [1.54, 1.807) is 18.2 Å². The summed E-state index contributed by atoms with van der Waals surface area (Å²) in [6.07, 6.45) is 0.113. The maximum absolute atomic E-state index is 11.0. The Balaban J connectivity index is 2.36. The summed E-state index contributed by atoms with van der Waals surface area (Å²) < 4.78 is 5.42. The Kier molecular flexibility index (Phi) is 3.10. The molecule has 0 saturated heterocycles. The van der Waals surface area contributed by atoms with Crippen LogP contribution in [0.15, 0.2) is 18.2 Å². The molecule has 2 aromatic rings. The van der Waals surface area contributed by atoms with Gasteiger partial charge >= 0.3 is 5.97 Å². The van der Waals surface area contributed by atoms with E-state index < -0.39 is 5.97 Å². The Morgan fingerprint density at radius 1 is 1.53 bits per heavy atom. The zero-order chi connectivity index (χ0) is 12.4. The fourth-order valence-electron chi connectivity index (χ4n) is 1.57. The van der Waals surface area contributed by atoms with Crippen molar-refractivity contribution in [2.45, 2.75) is 26.6 Å². The van der Waals surface area contributed by atoms with Crippen LogP contribution in [-0.2, 0) is 11.3 Å². The van der Waals surface area contributed by atoms with E-state index in [9.17, 15) is 4.79 Å². The number of nitrogens with zero attached hydrogens (tertiary/aromatic N) is 1. The molecule has 0 aliphatic heterocycles. The number of imidazole rings is 1. The normalized spacial score (nSPS) is 11.2. The number of ether oxygens (including phenoxy) is 1. The minimum atomic E-state index is -0.974. The topological polar surface area (TPSA) is 75.2 Å². The highest BCUT2D eigenvalue weighted by molar-refractivity contribution is 6.00. The smallest absolute Gasteiger partial charge is 0.337 e. The van der Waals surface area contributed by atoms with Crippen LogP contribution in [0.1, 0.15) is 30.0 Å². The van der Waals surface area contributed by atoms with Crippen molar-refractivity contribution in [1.29, 1.82) is 0 Å². The maximum atomic E-state index is 11.0. The molecule has 2 rings (SSSR count). The van der Waals surface area contributed by atoms with Gasteiger partial charge in [0, 0.05) is 0 Å². The molecule has 0 amide bonds. The molecule has 0 saturated carbocycles. The first-order valence-electron chi connectivity index (χ1n) is 5.40. The van der Waals surface area contributed by atoms with Gasteiger partial charge in [-0.05, 0) is 26.0 Å². The summed E-state index contributed by atoms with van der Waals surface area (Å²) in [6.45, 7) is 4.22. The molecule has 5 heteroatoms. The molecular formula is C12H14N2O3. The lowest BCUT2D eigenvalue weighted by Crippen LogP contribution is -2.03. The van der Waals surface area contributed by atoms with Gasteiger partial charge in [0.2, 0.25) is 0 Å². The summed E-state index contributed by atoms with van der Waals surface area (Å²) in [5.74, 6) is -0.333. The molecule has 0 atom stereocenters. The highest BCUT2D eigenvalue weighted by atomic mass is 16.5. The Bertz CT molecular complexity index is 546. The van der Waals surface area contributed by atoms with Crippen molar-refractivity contribution in [2.75, 3.05) is 0 Å². The number of hydrogen-bond donors (Lipinski definition) is 2. The number of carboxylic acids is 1. The molecule has 1 aromatic heterocycles. The quantitative estimate of drug-likeness (QED) is 0.850. The molecule has 0 spiro atoms. The van der Waals surface area contributed by atoms with E-state index in [2.05, 4.69) is 9.97 Å². The fraction of sp³-hybridized carbons (Fsp3) is 0.333. The number of nitrogens with one attached hydrogen (secondary N) is 1. The third-order valence-electron chi connectivity index (χ3n) is 2.35. The lowest BCUT2D eigenvalue weighted by molar-refractivity contribution is 0.0618. The van der Waals surface area contributed by atoms with Crippen molar-refractivity contribution in [3.05, 3.63) is 29.6 Å². The van der Waals surface area contributed by atoms with E-state index in [4.69, 9.17) is 9.84 Å². The summed E-state index contributed by atoms with van der Waals surface area (Å²) in [5.41, 5.74) is 1.39. The number of para-hydroxylation sites is 1. The van der Waals surface area contributed by atoms with Gasteiger partial charge in [-0.1, -0.05) is 6.07 Å². The van der Waals surface area contributed by atoms with Gasteiger partial charge < -0.3 is 14.8 Å². The Hall–Kier alpha value is -1.88. The second-order valence-electron chi connectivity index (χ2n) is 4.05. The molecule has 1 heterocycles. The predicted molar refractivity (Wildman–Crippen MR) is 63.0 cm³/mol. The van der Waals surface area contributed by atoms with Crippen LogP contribution in [-0.4, -0.2) is 27.1 Å². The maximum Gasteiger partial charge on any atom is 0.337 e. The summed E-state index contributed by atoms with van der Waals surface area (Å²) in [7, 11) is 0. The second kappa shape index (κ2) is 4.55. The lowest BCUT2D eigenvalue weighted by atomic mass is 10.2. The first-order chi connectivity index (χ1) is 8.08. The van der Waals surface area contributed by atoms with Crippen LogP contribution in [0.3, 0.4) is 0 Å². The summed E-state index contributed by atoms with van der Waals surface area (Å²) in [5, 5.41) is 9.03. The molecule has 17 heavy (non-hydrogen) atoms. The molecule has 0 aliphatic rings. The Morgan fingerprint density at radius 3 is 2.94 bits per heavy atom. The van der Waals surface area contributed by atoms with Gasteiger partial charge in [-0.2, -0.15) is 0 Å². The van der Waals surface area contributed by atoms with Gasteiger partial charge in [-0.15, -0.1) is 0 Å². The Labute approximate surface area is 98.4 Å². The van der Waals surface area contributed by atoms with Gasteiger partial charge in [0.05, 0.1) is 17.2 Å². The van der Waals surface area contributed by atoms with E-state index in [0.717, 1.165) is 0 Å². The van der Waals surface area contributed by atoms with E-state index in [1.165, 1.54) is 0 Å².